The Balaban J connectivity index is 2.91. The van der Waals surface area contributed by atoms with Crippen LogP contribution in [0.25, 0.3) is 0 Å². The molecule has 0 saturated carbocycles. The largest absolute Gasteiger partial charge is 0.461 e. The molecule has 1 atom stereocenters. The molecule has 9 heteroatoms. The van der Waals surface area contributed by atoms with Gasteiger partial charge in [-0.2, -0.15) is 4.90 Å². The van der Waals surface area contributed by atoms with Crippen LogP contribution in [0.1, 0.15) is 100.0 Å². The maximum absolute atomic E-state index is 13.2. The molecule has 0 aromatic heterocycles. The van der Waals surface area contributed by atoms with E-state index in [1.165, 1.54) is 0 Å². The molecule has 0 spiro atoms. The van der Waals surface area contributed by atoms with E-state index >= 15 is 0 Å². The van der Waals surface area contributed by atoms with Gasteiger partial charge in [-0.05, 0) is 80.7 Å². The first-order valence-electron chi connectivity index (χ1n) is 13.1. The van der Waals surface area contributed by atoms with Gasteiger partial charge in [-0.25, -0.2) is 14.4 Å². The summed E-state index contributed by atoms with van der Waals surface area (Å²) in [6.07, 6.45) is -0.126. The molecule has 0 unspecified atom stereocenters. The Morgan fingerprint density at radius 3 is 1.68 bits per heavy atom. The number of carbonyl (C=O) groups is 4. The SMILES string of the molecule is CC(C)(C)OC(=O)[C@H](CCCCCC(=O)OCc1ccccc1)N(C(=O)OC(C)(C)C)C(=O)OC(C)(C)C. The number of imide groups is 1. The lowest BCUT2D eigenvalue weighted by molar-refractivity contribution is -0.161. The maximum Gasteiger partial charge on any atom is 0.420 e. The smallest absolute Gasteiger partial charge is 0.420 e. The zero-order valence-electron chi connectivity index (χ0n) is 24.4. The third kappa shape index (κ3) is 14.0. The quantitative estimate of drug-likeness (QED) is 0.188. The molecule has 0 heterocycles. The number of benzene rings is 1. The molecule has 9 nitrogen and oxygen atoms in total. The van der Waals surface area contributed by atoms with Crippen LogP contribution in [0.4, 0.5) is 9.59 Å². The van der Waals surface area contributed by atoms with Crippen LogP contribution >= 0.6 is 0 Å². The Morgan fingerprint density at radius 1 is 0.711 bits per heavy atom. The van der Waals surface area contributed by atoms with Crippen LogP contribution in [0, 0.1) is 0 Å². The number of hydrogen-bond acceptors (Lipinski definition) is 8. The fourth-order valence-electron chi connectivity index (χ4n) is 3.27. The van der Waals surface area contributed by atoms with Crippen molar-refractivity contribution in [3.05, 3.63) is 35.9 Å². The van der Waals surface area contributed by atoms with Crippen molar-refractivity contribution in [2.45, 2.75) is 124 Å². The monoisotopic (exact) mass is 535 g/mol. The molecule has 0 aliphatic carbocycles. The van der Waals surface area contributed by atoms with Crippen LogP contribution in [0.2, 0.25) is 0 Å². The Bertz CT molecular complexity index is 895. The highest BCUT2D eigenvalue weighted by atomic mass is 16.6. The van der Waals surface area contributed by atoms with Gasteiger partial charge in [-0.3, -0.25) is 4.79 Å². The summed E-state index contributed by atoms with van der Waals surface area (Å²) in [5.74, 6) is -1.06. The van der Waals surface area contributed by atoms with Crippen LogP contribution in [0.15, 0.2) is 30.3 Å². The predicted octanol–water partition coefficient (Wildman–Crippen LogP) is 6.56. The first-order chi connectivity index (χ1) is 17.4. The standard InChI is InChI=1S/C29H45NO8/c1-27(2,3)36-24(32)22(30(25(33)37-28(4,5)6)26(34)38-29(7,8)9)18-14-11-15-19-23(31)35-20-21-16-12-10-13-17-21/h10,12-13,16-17,22H,11,14-15,18-20H2,1-9H3/t22-/m0/s1. The lowest BCUT2D eigenvalue weighted by Gasteiger charge is -2.33. The van der Waals surface area contributed by atoms with Crippen molar-refractivity contribution in [2.75, 3.05) is 0 Å². The third-order valence-electron chi connectivity index (χ3n) is 4.77. The summed E-state index contributed by atoms with van der Waals surface area (Å²) >= 11 is 0. The molecular weight excluding hydrogens is 490 g/mol. The van der Waals surface area contributed by atoms with Crippen molar-refractivity contribution in [1.82, 2.24) is 4.90 Å². The molecule has 0 aliphatic rings. The topological polar surface area (TPSA) is 108 Å². The number of unbranched alkanes of at least 4 members (excludes halogenated alkanes) is 2. The Kier molecular flexibility index (Phi) is 12.3. The van der Waals surface area contributed by atoms with E-state index in [2.05, 4.69) is 0 Å². The van der Waals surface area contributed by atoms with Crippen LogP contribution < -0.4 is 0 Å². The number of hydrogen-bond donors (Lipinski definition) is 0. The molecule has 0 aliphatic heterocycles. The van der Waals surface area contributed by atoms with E-state index in [-0.39, 0.29) is 25.4 Å². The van der Waals surface area contributed by atoms with E-state index in [4.69, 9.17) is 18.9 Å². The molecular formula is C29H45NO8. The zero-order chi connectivity index (χ0) is 29.1. The van der Waals surface area contributed by atoms with Crippen LogP contribution in [0.3, 0.4) is 0 Å². The van der Waals surface area contributed by atoms with Gasteiger partial charge >= 0.3 is 24.1 Å². The molecule has 0 N–H and O–H groups in total. The summed E-state index contributed by atoms with van der Waals surface area (Å²) in [4.78, 5) is 52.2. The number of rotatable bonds is 10. The van der Waals surface area contributed by atoms with E-state index in [0.717, 1.165) is 5.56 Å². The summed E-state index contributed by atoms with van der Waals surface area (Å²) in [6.45, 7) is 15.3. The van der Waals surface area contributed by atoms with E-state index in [0.29, 0.717) is 24.2 Å². The molecule has 1 aromatic carbocycles. The summed E-state index contributed by atoms with van der Waals surface area (Å²) < 4.78 is 21.7. The number of nitrogens with zero attached hydrogens (tertiary/aromatic N) is 1. The molecule has 1 rings (SSSR count). The average Bonchev–Trinajstić information content (AvgIpc) is 2.73. The average molecular weight is 536 g/mol. The van der Waals surface area contributed by atoms with Gasteiger partial charge in [0.25, 0.3) is 0 Å². The fraction of sp³-hybridized carbons (Fsp3) is 0.655. The van der Waals surface area contributed by atoms with Crippen LogP contribution in [-0.2, 0) is 35.1 Å². The maximum atomic E-state index is 13.2. The van der Waals surface area contributed by atoms with Crippen LogP contribution in [-0.4, -0.2) is 51.9 Å². The van der Waals surface area contributed by atoms with Crippen molar-refractivity contribution >= 4 is 24.1 Å². The molecule has 0 saturated heterocycles. The summed E-state index contributed by atoms with van der Waals surface area (Å²) in [6, 6.07) is 8.15. The van der Waals surface area contributed by atoms with Crippen LogP contribution in [0.5, 0.6) is 0 Å². The van der Waals surface area contributed by atoms with Crippen molar-refractivity contribution < 1.29 is 38.1 Å². The van der Waals surface area contributed by atoms with Crippen molar-refractivity contribution in [1.29, 1.82) is 0 Å². The van der Waals surface area contributed by atoms with Crippen molar-refractivity contribution in [3.63, 3.8) is 0 Å². The molecule has 0 radical (unpaired) electrons. The van der Waals surface area contributed by atoms with Gasteiger partial charge in [-0.15, -0.1) is 0 Å². The number of carbonyl (C=O) groups excluding carboxylic acids is 4. The second kappa shape index (κ2) is 14.2. The fourth-order valence-corrected chi connectivity index (χ4v) is 3.27. The van der Waals surface area contributed by atoms with Gasteiger partial charge in [0.2, 0.25) is 0 Å². The highest BCUT2D eigenvalue weighted by molar-refractivity contribution is 5.94. The van der Waals surface area contributed by atoms with Gasteiger partial charge in [0.05, 0.1) is 0 Å². The minimum Gasteiger partial charge on any atom is -0.461 e. The van der Waals surface area contributed by atoms with Gasteiger partial charge in [0.1, 0.15) is 29.5 Å². The Hall–Kier alpha value is -3.10. The van der Waals surface area contributed by atoms with E-state index in [9.17, 15) is 19.2 Å². The molecule has 214 valence electrons. The molecule has 0 fully saturated rings. The van der Waals surface area contributed by atoms with E-state index < -0.39 is 41.0 Å². The number of ether oxygens (including phenoxy) is 4. The lowest BCUT2D eigenvalue weighted by Crippen LogP contribution is -2.53. The molecule has 1 aromatic rings. The molecule has 0 bridgehead atoms. The minimum atomic E-state index is -1.26. The Labute approximate surface area is 227 Å². The number of amides is 2. The minimum absolute atomic E-state index is 0.118. The first-order valence-corrected chi connectivity index (χ1v) is 13.1. The second-order valence-electron chi connectivity index (χ2n) is 12.1. The highest BCUT2D eigenvalue weighted by Gasteiger charge is 2.41. The van der Waals surface area contributed by atoms with Gasteiger partial charge in [0, 0.05) is 6.42 Å². The lowest BCUT2D eigenvalue weighted by atomic mass is 10.1. The first kappa shape index (κ1) is 32.9. The Morgan fingerprint density at radius 2 is 1.21 bits per heavy atom. The predicted molar refractivity (Wildman–Crippen MR) is 143 cm³/mol. The molecule has 2 amide bonds. The summed E-state index contributed by atoms with van der Waals surface area (Å²) in [7, 11) is 0. The van der Waals surface area contributed by atoms with E-state index in [1.54, 1.807) is 62.3 Å². The molecule has 38 heavy (non-hydrogen) atoms. The van der Waals surface area contributed by atoms with Crippen molar-refractivity contribution in [3.8, 4) is 0 Å². The van der Waals surface area contributed by atoms with Gasteiger partial charge in [-0.1, -0.05) is 43.2 Å². The second-order valence-corrected chi connectivity index (χ2v) is 12.1. The normalized spacial score (nSPS) is 12.8. The van der Waals surface area contributed by atoms with Gasteiger partial charge < -0.3 is 18.9 Å². The summed E-state index contributed by atoms with van der Waals surface area (Å²) in [5.41, 5.74) is -1.75. The third-order valence-corrected chi connectivity index (χ3v) is 4.77. The highest BCUT2D eigenvalue weighted by Crippen LogP contribution is 2.22. The summed E-state index contributed by atoms with van der Waals surface area (Å²) in [5, 5.41) is 0. The van der Waals surface area contributed by atoms with Gasteiger partial charge in [0.15, 0.2) is 0 Å². The number of esters is 2. The van der Waals surface area contributed by atoms with Crippen molar-refractivity contribution in [2.24, 2.45) is 0 Å². The zero-order valence-corrected chi connectivity index (χ0v) is 24.4. The van der Waals surface area contributed by atoms with E-state index in [1.807, 2.05) is 30.3 Å².